The second-order valence-electron chi connectivity index (χ2n) is 9.16. The maximum Gasteiger partial charge on any atom is 0.256 e. The Hall–Kier alpha value is -2.59. The molecule has 2 amide bonds. The van der Waals surface area contributed by atoms with Gasteiger partial charge in [-0.25, -0.2) is 17.2 Å². The average molecular weight is 526 g/mol. The Labute approximate surface area is 207 Å². The molecule has 1 aromatic heterocycles. The van der Waals surface area contributed by atoms with E-state index >= 15 is 0 Å². The van der Waals surface area contributed by atoms with Gasteiger partial charge in [-0.3, -0.25) is 14.6 Å². The third-order valence-corrected chi connectivity index (χ3v) is 8.03. The summed E-state index contributed by atoms with van der Waals surface area (Å²) < 4.78 is 52.6. The predicted molar refractivity (Wildman–Crippen MR) is 126 cm³/mol. The first-order chi connectivity index (χ1) is 16.5. The zero-order chi connectivity index (χ0) is 25.5. The predicted octanol–water partition coefficient (Wildman–Crippen LogP) is 4.07. The summed E-state index contributed by atoms with van der Waals surface area (Å²) in [5, 5.41) is 2.51. The number of carbonyl (C=O) groups excluding carboxylic acids is 2. The molecule has 2 fully saturated rings. The second kappa shape index (κ2) is 9.81. The van der Waals surface area contributed by atoms with E-state index in [2.05, 4.69) is 10.3 Å². The van der Waals surface area contributed by atoms with Gasteiger partial charge >= 0.3 is 0 Å². The highest BCUT2D eigenvalue weighted by Gasteiger charge is 2.43. The van der Waals surface area contributed by atoms with Crippen LogP contribution in [0.15, 0.2) is 35.5 Å². The van der Waals surface area contributed by atoms with Crippen LogP contribution in [0.2, 0.25) is 5.02 Å². The molecule has 11 heteroatoms. The smallest absolute Gasteiger partial charge is 0.256 e. The van der Waals surface area contributed by atoms with Crippen LogP contribution in [0.4, 0.5) is 8.78 Å². The molecular weight excluding hydrogens is 500 g/mol. The maximum atomic E-state index is 14.7. The number of nitrogens with zero attached hydrogens (tertiary/aromatic N) is 2. The first-order valence-corrected chi connectivity index (χ1v) is 13.7. The van der Waals surface area contributed by atoms with Gasteiger partial charge in [-0.2, -0.15) is 0 Å². The lowest BCUT2D eigenvalue weighted by molar-refractivity contribution is -0.126. The Kier molecular flexibility index (Phi) is 7.15. The summed E-state index contributed by atoms with van der Waals surface area (Å²) in [6, 6.07) is 1.34. The van der Waals surface area contributed by atoms with Gasteiger partial charge in [0.25, 0.3) is 5.91 Å². The van der Waals surface area contributed by atoms with Gasteiger partial charge in [-0.15, -0.1) is 0 Å². The third kappa shape index (κ3) is 5.33. The monoisotopic (exact) mass is 525 g/mol. The van der Waals surface area contributed by atoms with E-state index in [1.807, 2.05) is 6.92 Å². The van der Waals surface area contributed by atoms with Gasteiger partial charge in [-0.1, -0.05) is 18.5 Å². The molecule has 1 aromatic carbocycles. The number of hydrogen-bond acceptors (Lipinski definition) is 5. The molecule has 3 atom stereocenters. The fourth-order valence-corrected chi connectivity index (χ4v) is 5.38. The van der Waals surface area contributed by atoms with Crippen LogP contribution in [-0.2, 0) is 14.6 Å². The van der Waals surface area contributed by atoms with Crippen LogP contribution in [0, 0.1) is 17.6 Å². The molecule has 1 saturated heterocycles. The van der Waals surface area contributed by atoms with Crippen LogP contribution in [0.5, 0.6) is 0 Å². The molecule has 1 aliphatic heterocycles. The number of carbonyl (C=O) groups is 2. The van der Waals surface area contributed by atoms with Gasteiger partial charge in [0.05, 0.1) is 21.5 Å². The number of benzene rings is 1. The summed E-state index contributed by atoms with van der Waals surface area (Å²) in [5.74, 6) is -2.49. The minimum absolute atomic E-state index is 0.0238. The quantitative estimate of drug-likeness (QED) is 0.550. The van der Waals surface area contributed by atoms with Crippen LogP contribution in [0.25, 0.3) is 0 Å². The van der Waals surface area contributed by atoms with Crippen LogP contribution < -0.4 is 5.32 Å². The molecule has 1 aliphatic carbocycles. The van der Waals surface area contributed by atoms with Crippen molar-refractivity contribution in [3.8, 4) is 0 Å². The molecule has 2 aromatic rings. The number of likely N-dealkylation sites (tertiary alicyclic amines) is 1. The zero-order valence-corrected chi connectivity index (χ0v) is 20.9. The van der Waals surface area contributed by atoms with E-state index in [9.17, 15) is 26.8 Å². The zero-order valence-electron chi connectivity index (χ0n) is 19.3. The van der Waals surface area contributed by atoms with Gasteiger partial charge in [0, 0.05) is 30.3 Å². The summed E-state index contributed by atoms with van der Waals surface area (Å²) >= 11 is 5.69. The molecule has 1 saturated carbocycles. The van der Waals surface area contributed by atoms with Crippen molar-refractivity contribution in [3.63, 3.8) is 0 Å². The molecule has 2 heterocycles. The Morgan fingerprint density at radius 3 is 2.49 bits per heavy atom. The lowest BCUT2D eigenvalue weighted by Crippen LogP contribution is -2.49. The van der Waals surface area contributed by atoms with E-state index < -0.39 is 45.4 Å². The summed E-state index contributed by atoms with van der Waals surface area (Å²) in [7, 11) is -3.58. The Bertz CT molecular complexity index is 1270. The lowest BCUT2D eigenvalue weighted by atomic mass is 10.0. The molecule has 0 radical (unpaired) electrons. The fourth-order valence-electron chi connectivity index (χ4n) is 4.64. The molecule has 188 valence electrons. The SMILES string of the molecule is CC[C@@H]1CC[C@H](C(=O)NC(c2cc(F)c(Cl)cc2F)C2CC2)N1C(=O)c1cncc(S(C)(=O)=O)c1. The Morgan fingerprint density at radius 2 is 1.86 bits per heavy atom. The van der Waals surface area contributed by atoms with E-state index in [4.69, 9.17) is 11.6 Å². The first-order valence-electron chi connectivity index (χ1n) is 11.4. The number of aromatic nitrogens is 1. The summed E-state index contributed by atoms with van der Waals surface area (Å²) in [6.45, 7) is 1.90. The minimum atomic E-state index is -3.58. The lowest BCUT2D eigenvalue weighted by Gasteiger charge is -2.31. The van der Waals surface area contributed by atoms with Crippen LogP contribution in [-0.4, -0.2) is 48.5 Å². The second-order valence-corrected chi connectivity index (χ2v) is 11.6. The molecule has 1 unspecified atom stereocenters. The Morgan fingerprint density at radius 1 is 1.14 bits per heavy atom. The van der Waals surface area contributed by atoms with Crippen molar-refractivity contribution in [1.29, 1.82) is 0 Å². The minimum Gasteiger partial charge on any atom is -0.347 e. The summed E-state index contributed by atoms with van der Waals surface area (Å²) in [6.07, 6.45) is 6.54. The van der Waals surface area contributed by atoms with Crippen LogP contribution >= 0.6 is 11.6 Å². The number of sulfone groups is 1. The Balaban J connectivity index is 1.61. The molecule has 1 N–H and O–H groups in total. The van der Waals surface area contributed by atoms with E-state index in [0.29, 0.717) is 19.3 Å². The standard InChI is InChI=1S/C24H26ClF2N3O4S/c1-3-15-6-7-21(30(15)24(32)14-8-16(12-28-11-14)35(2,33)34)23(31)29-22(13-4-5-13)17-9-20(27)18(25)10-19(17)26/h8-13,15,21-22H,3-7H2,1-2H3,(H,29,31)/t15-,21-,22?/m1/s1. The molecule has 0 spiro atoms. The van der Waals surface area contributed by atoms with E-state index in [0.717, 1.165) is 37.4 Å². The van der Waals surface area contributed by atoms with Gasteiger partial charge < -0.3 is 10.2 Å². The van der Waals surface area contributed by atoms with Gasteiger partial charge in [0.15, 0.2) is 9.84 Å². The van der Waals surface area contributed by atoms with E-state index in [1.165, 1.54) is 17.2 Å². The highest BCUT2D eigenvalue weighted by Crippen LogP contribution is 2.43. The summed E-state index contributed by atoms with van der Waals surface area (Å²) in [5.41, 5.74) is 0.0892. The first kappa shape index (κ1) is 25.5. The molecule has 0 bridgehead atoms. The van der Waals surface area contributed by atoms with Crippen molar-refractivity contribution in [2.45, 2.75) is 62.0 Å². The number of amides is 2. The fraction of sp³-hybridized carbons (Fsp3) is 0.458. The number of nitrogens with one attached hydrogen (secondary N) is 1. The highest BCUT2D eigenvalue weighted by molar-refractivity contribution is 7.90. The molecular formula is C24H26ClF2N3O4S. The van der Waals surface area contributed by atoms with Crippen molar-refractivity contribution < 1.29 is 26.8 Å². The van der Waals surface area contributed by atoms with E-state index in [-0.39, 0.29) is 33.0 Å². The topological polar surface area (TPSA) is 96.4 Å². The van der Waals surface area contributed by atoms with Crippen molar-refractivity contribution in [3.05, 3.63) is 58.4 Å². The van der Waals surface area contributed by atoms with Crippen molar-refractivity contribution in [2.75, 3.05) is 6.26 Å². The molecule has 35 heavy (non-hydrogen) atoms. The van der Waals surface area contributed by atoms with Gasteiger partial charge in [0.1, 0.15) is 17.7 Å². The van der Waals surface area contributed by atoms with Crippen molar-refractivity contribution >= 4 is 33.3 Å². The van der Waals surface area contributed by atoms with E-state index in [1.54, 1.807) is 0 Å². The highest BCUT2D eigenvalue weighted by atomic mass is 35.5. The summed E-state index contributed by atoms with van der Waals surface area (Å²) in [4.78, 5) is 32.1. The molecule has 2 aliphatic rings. The largest absolute Gasteiger partial charge is 0.347 e. The van der Waals surface area contributed by atoms with Gasteiger partial charge in [0.2, 0.25) is 5.91 Å². The number of hydrogen-bond donors (Lipinski definition) is 1. The van der Waals surface area contributed by atoms with Crippen LogP contribution in [0.3, 0.4) is 0 Å². The normalized spacial score (nSPS) is 21.1. The van der Waals surface area contributed by atoms with Gasteiger partial charge in [-0.05, 0) is 56.2 Å². The average Bonchev–Trinajstić information content (AvgIpc) is 3.56. The van der Waals surface area contributed by atoms with Crippen LogP contribution in [0.1, 0.15) is 61.0 Å². The number of halogens is 3. The maximum absolute atomic E-state index is 14.7. The van der Waals surface area contributed by atoms with Crippen molar-refractivity contribution in [1.82, 2.24) is 15.2 Å². The molecule has 7 nitrogen and oxygen atoms in total. The number of rotatable bonds is 7. The molecule has 4 rings (SSSR count). The third-order valence-electron chi connectivity index (χ3n) is 6.67. The number of pyridine rings is 1. The van der Waals surface area contributed by atoms with Crippen molar-refractivity contribution in [2.24, 2.45) is 5.92 Å².